The number of nitrogens with zero attached hydrogens (tertiary/aromatic N) is 3. The minimum atomic E-state index is -0.316. The molecule has 2 heterocycles. The van der Waals surface area contributed by atoms with Crippen LogP contribution in [0.3, 0.4) is 0 Å². The maximum atomic E-state index is 12.7. The molecule has 0 saturated heterocycles. The van der Waals surface area contributed by atoms with Gasteiger partial charge in [-0.3, -0.25) is 4.79 Å². The van der Waals surface area contributed by atoms with Crippen molar-refractivity contribution in [1.29, 1.82) is 0 Å². The van der Waals surface area contributed by atoms with Gasteiger partial charge in [0.1, 0.15) is 5.82 Å². The predicted molar refractivity (Wildman–Crippen MR) is 113 cm³/mol. The normalized spacial score (nSPS) is 12.4. The van der Waals surface area contributed by atoms with E-state index < -0.39 is 0 Å². The number of aromatic nitrogens is 3. The average molecular weight is 409 g/mol. The quantitative estimate of drug-likeness (QED) is 0.478. The summed E-state index contributed by atoms with van der Waals surface area (Å²) in [6, 6.07) is 16.7. The number of rotatable bonds is 5. The van der Waals surface area contributed by atoms with E-state index in [0.717, 1.165) is 22.4 Å². The van der Waals surface area contributed by atoms with E-state index in [1.165, 1.54) is 0 Å². The van der Waals surface area contributed by atoms with E-state index in [0.29, 0.717) is 10.8 Å². The van der Waals surface area contributed by atoms with Crippen LogP contribution in [0.4, 0.5) is 0 Å². The van der Waals surface area contributed by atoms with Crippen molar-refractivity contribution in [2.45, 2.75) is 32.9 Å². The molecule has 29 heavy (non-hydrogen) atoms. The molecule has 148 valence electrons. The minimum Gasteiger partial charge on any atom is -0.355 e. The van der Waals surface area contributed by atoms with Gasteiger partial charge in [0, 0.05) is 22.7 Å². The summed E-state index contributed by atoms with van der Waals surface area (Å²) < 4.78 is 7.48. The van der Waals surface area contributed by atoms with Crippen LogP contribution >= 0.6 is 11.6 Å². The number of hydrogen-bond acceptors (Lipinski definition) is 4. The summed E-state index contributed by atoms with van der Waals surface area (Å²) in [4.78, 5) is 17.5. The van der Waals surface area contributed by atoms with Crippen molar-refractivity contribution >= 4 is 28.5 Å². The molecule has 2 aromatic carbocycles. The number of imidazole rings is 1. The van der Waals surface area contributed by atoms with Gasteiger partial charge in [0.05, 0.1) is 17.1 Å². The van der Waals surface area contributed by atoms with Crippen LogP contribution in [0.2, 0.25) is 5.02 Å². The second-order valence-electron chi connectivity index (χ2n) is 7.20. The van der Waals surface area contributed by atoms with Crippen LogP contribution in [0.15, 0.2) is 59.1 Å². The fourth-order valence-electron chi connectivity index (χ4n) is 3.38. The lowest BCUT2D eigenvalue weighted by Gasteiger charge is -2.18. The van der Waals surface area contributed by atoms with Crippen LogP contribution in [0, 0.1) is 0 Å². The lowest BCUT2D eigenvalue weighted by molar-refractivity contribution is 0.0928. The van der Waals surface area contributed by atoms with Crippen LogP contribution in [0.25, 0.3) is 22.4 Å². The van der Waals surface area contributed by atoms with Crippen molar-refractivity contribution in [3.05, 3.63) is 71.1 Å². The van der Waals surface area contributed by atoms with E-state index >= 15 is 0 Å². The van der Waals surface area contributed by atoms with E-state index in [1.54, 1.807) is 18.2 Å². The summed E-state index contributed by atoms with van der Waals surface area (Å²) in [6.45, 7) is 6.11. The van der Waals surface area contributed by atoms with Gasteiger partial charge >= 0.3 is 0 Å². The topological polar surface area (TPSA) is 73.0 Å². The highest BCUT2D eigenvalue weighted by Crippen LogP contribution is 2.26. The monoisotopic (exact) mass is 408 g/mol. The van der Waals surface area contributed by atoms with Gasteiger partial charge in [-0.15, -0.1) is 0 Å². The number of fused-ring (bicyclic) bond motifs is 1. The van der Waals surface area contributed by atoms with Gasteiger partial charge < -0.3 is 14.4 Å². The maximum absolute atomic E-state index is 12.7. The molecule has 0 fully saturated rings. The molecular weight excluding hydrogens is 388 g/mol. The fourth-order valence-corrected chi connectivity index (χ4v) is 3.50. The van der Waals surface area contributed by atoms with Crippen molar-refractivity contribution in [2.24, 2.45) is 0 Å². The Morgan fingerprint density at radius 1 is 1.10 bits per heavy atom. The summed E-state index contributed by atoms with van der Waals surface area (Å²) in [5.41, 5.74) is 2.97. The number of hydrogen-bond donors (Lipinski definition) is 1. The number of carbonyl (C=O) groups is 1. The lowest BCUT2D eigenvalue weighted by atomic mass is 10.1. The van der Waals surface area contributed by atoms with E-state index in [9.17, 15) is 4.79 Å². The van der Waals surface area contributed by atoms with Crippen molar-refractivity contribution in [2.75, 3.05) is 0 Å². The molecule has 2 aromatic heterocycles. The number of nitrogens with one attached hydrogen (secondary N) is 1. The van der Waals surface area contributed by atoms with Crippen molar-refractivity contribution in [3.8, 4) is 11.3 Å². The molecule has 0 aliphatic heterocycles. The highest BCUT2D eigenvalue weighted by molar-refractivity contribution is 6.30. The van der Waals surface area contributed by atoms with Gasteiger partial charge in [-0.25, -0.2) is 4.98 Å². The molecule has 6 nitrogen and oxygen atoms in total. The largest absolute Gasteiger partial charge is 0.355 e. The van der Waals surface area contributed by atoms with Gasteiger partial charge in [0.25, 0.3) is 5.91 Å². The molecule has 0 aliphatic rings. The van der Waals surface area contributed by atoms with Gasteiger partial charge in [0.15, 0.2) is 11.5 Å². The molecule has 4 rings (SSSR count). The minimum absolute atomic E-state index is 0.209. The van der Waals surface area contributed by atoms with Gasteiger partial charge in [0.2, 0.25) is 0 Å². The Bertz CT molecular complexity index is 1160. The highest BCUT2D eigenvalue weighted by Gasteiger charge is 2.22. The molecule has 1 unspecified atom stereocenters. The smallest absolute Gasteiger partial charge is 0.274 e. The average Bonchev–Trinajstić information content (AvgIpc) is 3.33. The summed E-state index contributed by atoms with van der Waals surface area (Å²) in [5.74, 6) is 0.994. The van der Waals surface area contributed by atoms with Gasteiger partial charge in [-0.1, -0.05) is 28.9 Å². The van der Waals surface area contributed by atoms with Gasteiger partial charge in [-0.2, -0.15) is 0 Å². The molecule has 1 amide bonds. The van der Waals surface area contributed by atoms with E-state index in [4.69, 9.17) is 21.1 Å². The Balaban J connectivity index is 1.57. The molecule has 4 aromatic rings. The SMILES string of the molecule is CC(NC(=O)c1cc(-c2ccc(Cl)cc2)on1)c1nc2ccccc2n1C(C)C. The van der Waals surface area contributed by atoms with E-state index in [-0.39, 0.29) is 23.7 Å². The number of halogens is 1. The third-order valence-corrected chi connectivity index (χ3v) is 5.00. The number of carbonyl (C=O) groups excluding carboxylic acids is 1. The molecule has 7 heteroatoms. The second-order valence-corrected chi connectivity index (χ2v) is 7.64. The second kappa shape index (κ2) is 7.72. The maximum Gasteiger partial charge on any atom is 0.274 e. The molecule has 1 N–H and O–H groups in total. The zero-order valence-corrected chi connectivity index (χ0v) is 17.1. The van der Waals surface area contributed by atoms with Crippen molar-refractivity contribution in [1.82, 2.24) is 20.0 Å². The molecule has 0 bridgehead atoms. The zero-order chi connectivity index (χ0) is 20.5. The summed E-state index contributed by atoms with van der Waals surface area (Å²) in [6.07, 6.45) is 0. The Kier molecular flexibility index (Phi) is 5.11. The zero-order valence-electron chi connectivity index (χ0n) is 16.4. The summed E-state index contributed by atoms with van der Waals surface area (Å²) in [7, 11) is 0. The number of para-hydroxylation sites is 2. The molecule has 1 atom stereocenters. The summed E-state index contributed by atoms with van der Waals surface area (Å²) in [5, 5.41) is 7.52. The molecular formula is C22H21ClN4O2. The molecule has 0 radical (unpaired) electrons. The van der Waals surface area contributed by atoms with Crippen LogP contribution in [0.1, 0.15) is 49.2 Å². The Labute approximate surface area is 173 Å². The molecule has 0 saturated carbocycles. The van der Waals surface area contributed by atoms with Crippen LogP contribution in [-0.2, 0) is 0 Å². The molecule has 0 aliphatic carbocycles. The first-order chi connectivity index (χ1) is 13.9. The van der Waals surface area contributed by atoms with E-state index in [1.807, 2.05) is 43.3 Å². The van der Waals surface area contributed by atoms with E-state index in [2.05, 4.69) is 28.9 Å². The fraction of sp³-hybridized carbons (Fsp3) is 0.227. The van der Waals surface area contributed by atoms with Gasteiger partial charge in [-0.05, 0) is 57.2 Å². The first-order valence-electron chi connectivity index (χ1n) is 9.44. The standard InChI is InChI=1S/C22H21ClN4O2/c1-13(2)27-19-7-5-4-6-17(19)25-21(27)14(3)24-22(28)18-12-20(29-26-18)15-8-10-16(23)11-9-15/h4-14H,1-3H3,(H,24,28). The third kappa shape index (κ3) is 3.76. The summed E-state index contributed by atoms with van der Waals surface area (Å²) >= 11 is 5.92. The van der Waals surface area contributed by atoms with Crippen LogP contribution in [0.5, 0.6) is 0 Å². The third-order valence-electron chi connectivity index (χ3n) is 4.75. The van der Waals surface area contributed by atoms with Crippen molar-refractivity contribution < 1.29 is 9.32 Å². The Morgan fingerprint density at radius 3 is 2.55 bits per heavy atom. The predicted octanol–water partition coefficient (Wildman–Crippen LogP) is 5.42. The van der Waals surface area contributed by atoms with Crippen LogP contribution < -0.4 is 5.32 Å². The molecule has 0 spiro atoms. The lowest BCUT2D eigenvalue weighted by Crippen LogP contribution is -2.29. The van der Waals surface area contributed by atoms with Crippen LogP contribution in [-0.4, -0.2) is 20.6 Å². The number of amides is 1. The first kappa shape index (κ1) is 19.2. The first-order valence-corrected chi connectivity index (χ1v) is 9.82. The Hall–Kier alpha value is -3.12. The number of benzene rings is 2. The van der Waals surface area contributed by atoms with Crippen molar-refractivity contribution in [3.63, 3.8) is 0 Å². The Morgan fingerprint density at radius 2 is 1.83 bits per heavy atom. The highest BCUT2D eigenvalue weighted by atomic mass is 35.5.